The fourth-order valence-corrected chi connectivity index (χ4v) is 3.81. The molecule has 1 aromatic carbocycles. The van der Waals surface area contributed by atoms with E-state index in [1.807, 2.05) is 6.07 Å². The number of piperidine rings is 1. The molecule has 0 saturated carbocycles. The van der Waals surface area contributed by atoms with E-state index in [0.29, 0.717) is 30.5 Å². The Balaban J connectivity index is 2.44. The summed E-state index contributed by atoms with van der Waals surface area (Å²) in [6.07, 6.45) is 0.984. The van der Waals surface area contributed by atoms with Crippen LogP contribution in [0, 0.1) is 18.3 Å². The number of aryl methyl sites for hydroxylation is 1. The molecular weight excluding hydrogens is 264 g/mol. The van der Waals surface area contributed by atoms with E-state index in [-0.39, 0.29) is 17.2 Å². The number of ketones is 1. The molecule has 2 rings (SSSR count). The monoisotopic (exact) mass is 278 g/mol. The number of rotatable bonds is 2. The van der Waals surface area contributed by atoms with E-state index in [0.717, 1.165) is 0 Å². The third-order valence-electron chi connectivity index (χ3n) is 3.15. The van der Waals surface area contributed by atoms with Crippen LogP contribution in [0.25, 0.3) is 0 Å². The van der Waals surface area contributed by atoms with Gasteiger partial charge in [-0.05, 0) is 31.0 Å². The zero-order chi connectivity index (χ0) is 14.0. The highest BCUT2D eigenvalue weighted by Crippen LogP contribution is 2.23. The molecular formula is C13H14N2O3S. The SMILES string of the molecule is Cc1ccc(C#N)cc1S(=O)(=O)N1CCCC(=O)C1. The number of sulfonamides is 1. The third-order valence-corrected chi connectivity index (χ3v) is 5.14. The van der Waals surface area contributed by atoms with Crippen molar-refractivity contribution < 1.29 is 13.2 Å². The Morgan fingerprint density at radius 3 is 2.74 bits per heavy atom. The summed E-state index contributed by atoms with van der Waals surface area (Å²) in [5, 5.41) is 8.86. The first kappa shape index (κ1) is 13.7. The molecule has 0 atom stereocenters. The van der Waals surface area contributed by atoms with Gasteiger partial charge in [-0.2, -0.15) is 9.57 Å². The highest BCUT2D eigenvalue weighted by Gasteiger charge is 2.30. The van der Waals surface area contributed by atoms with Crippen LogP contribution in [0.1, 0.15) is 24.0 Å². The van der Waals surface area contributed by atoms with Crippen LogP contribution in [0.4, 0.5) is 0 Å². The van der Waals surface area contributed by atoms with Gasteiger partial charge < -0.3 is 0 Å². The second-order valence-electron chi connectivity index (χ2n) is 4.57. The molecule has 0 radical (unpaired) electrons. The van der Waals surface area contributed by atoms with Crippen molar-refractivity contribution in [1.82, 2.24) is 4.31 Å². The van der Waals surface area contributed by atoms with Crippen molar-refractivity contribution in [3.63, 3.8) is 0 Å². The molecule has 1 aliphatic heterocycles. The van der Waals surface area contributed by atoms with E-state index < -0.39 is 10.0 Å². The molecule has 0 spiro atoms. The number of Topliss-reactive ketones (excluding diaryl/α,β-unsaturated/α-hetero) is 1. The van der Waals surface area contributed by atoms with Crippen molar-refractivity contribution in [2.24, 2.45) is 0 Å². The molecule has 1 aromatic rings. The van der Waals surface area contributed by atoms with E-state index in [2.05, 4.69) is 0 Å². The van der Waals surface area contributed by atoms with E-state index in [9.17, 15) is 13.2 Å². The second-order valence-corrected chi connectivity index (χ2v) is 6.48. The van der Waals surface area contributed by atoms with Gasteiger partial charge in [0.05, 0.1) is 23.1 Å². The minimum atomic E-state index is -3.70. The summed E-state index contributed by atoms with van der Waals surface area (Å²) in [5.74, 6) is -0.0658. The number of hydrogen-bond acceptors (Lipinski definition) is 4. The average molecular weight is 278 g/mol. The topological polar surface area (TPSA) is 78.2 Å². The first-order chi connectivity index (χ1) is 8.95. The van der Waals surface area contributed by atoms with Gasteiger partial charge in [0.15, 0.2) is 0 Å². The Labute approximate surface area is 112 Å². The lowest BCUT2D eigenvalue weighted by molar-refractivity contribution is -0.120. The van der Waals surface area contributed by atoms with E-state index in [1.54, 1.807) is 19.1 Å². The highest BCUT2D eigenvalue weighted by molar-refractivity contribution is 7.89. The molecule has 1 fully saturated rings. The summed E-state index contributed by atoms with van der Waals surface area (Å²) in [5.41, 5.74) is 0.879. The third kappa shape index (κ3) is 2.67. The average Bonchev–Trinajstić information content (AvgIpc) is 2.39. The van der Waals surface area contributed by atoms with Gasteiger partial charge >= 0.3 is 0 Å². The normalized spacial score (nSPS) is 17.2. The van der Waals surface area contributed by atoms with Gasteiger partial charge in [0.25, 0.3) is 0 Å². The van der Waals surface area contributed by atoms with Crippen LogP contribution in [-0.4, -0.2) is 31.6 Å². The molecule has 0 amide bonds. The quantitative estimate of drug-likeness (QED) is 0.815. The molecule has 100 valence electrons. The fraction of sp³-hybridized carbons (Fsp3) is 0.385. The first-order valence-corrected chi connectivity index (χ1v) is 7.42. The van der Waals surface area contributed by atoms with Gasteiger partial charge in [-0.3, -0.25) is 4.79 Å². The number of carbonyl (C=O) groups is 1. The Hall–Kier alpha value is -1.71. The van der Waals surface area contributed by atoms with Gasteiger partial charge in [0.2, 0.25) is 10.0 Å². The molecule has 0 N–H and O–H groups in total. The molecule has 1 aliphatic rings. The summed E-state index contributed by atoms with van der Waals surface area (Å²) < 4.78 is 26.2. The van der Waals surface area contributed by atoms with Gasteiger partial charge in [-0.1, -0.05) is 6.07 Å². The molecule has 1 heterocycles. The minimum absolute atomic E-state index is 0.0658. The summed E-state index contributed by atoms with van der Waals surface area (Å²) >= 11 is 0. The number of hydrogen-bond donors (Lipinski definition) is 0. The van der Waals surface area contributed by atoms with Gasteiger partial charge in [-0.25, -0.2) is 8.42 Å². The molecule has 0 bridgehead atoms. The molecule has 0 aromatic heterocycles. The van der Waals surface area contributed by atoms with Crippen molar-refractivity contribution in [3.8, 4) is 6.07 Å². The predicted octanol–water partition coefficient (Wildman–Crippen LogP) is 1.22. The largest absolute Gasteiger partial charge is 0.298 e. The van der Waals surface area contributed by atoms with Crippen LogP contribution < -0.4 is 0 Å². The Morgan fingerprint density at radius 1 is 1.37 bits per heavy atom. The van der Waals surface area contributed by atoms with Crippen molar-refractivity contribution in [3.05, 3.63) is 29.3 Å². The standard InChI is InChI=1S/C13H14N2O3S/c1-10-4-5-11(8-14)7-13(10)19(17,18)15-6-2-3-12(16)9-15/h4-5,7H,2-3,6,9H2,1H3. The van der Waals surface area contributed by atoms with Crippen LogP contribution >= 0.6 is 0 Å². The maximum Gasteiger partial charge on any atom is 0.243 e. The van der Waals surface area contributed by atoms with Crippen LogP contribution in [-0.2, 0) is 14.8 Å². The van der Waals surface area contributed by atoms with Crippen molar-refractivity contribution in [2.45, 2.75) is 24.7 Å². The minimum Gasteiger partial charge on any atom is -0.298 e. The zero-order valence-electron chi connectivity index (χ0n) is 10.6. The van der Waals surface area contributed by atoms with Crippen molar-refractivity contribution in [2.75, 3.05) is 13.1 Å². The predicted molar refractivity (Wildman–Crippen MR) is 68.9 cm³/mol. The first-order valence-electron chi connectivity index (χ1n) is 5.98. The number of benzene rings is 1. The van der Waals surface area contributed by atoms with Gasteiger partial charge in [-0.15, -0.1) is 0 Å². The van der Waals surface area contributed by atoms with E-state index >= 15 is 0 Å². The summed E-state index contributed by atoms with van der Waals surface area (Å²) in [4.78, 5) is 11.5. The lowest BCUT2D eigenvalue weighted by Gasteiger charge is -2.25. The second kappa shape index (κ2) is 5.11. The van der Waals surface area contributed by atoms with E-state index in [1.165, 1.54) is 10.4 Å². The smallest absolute Gasteiger partial charge is 0.243 e. The van der Waals surface area contributed by atoms with Crippen LogP contribution in [0.2, 0.25) is 0 Å². The molecule has 6 heteroatoms. The van der Waals surface area contributed by atoms with Gasteiger partial charge in [0.1, 0.15) is 5.78 Å². The summed E-state index contributed by atoms with van der Waals surface area (Å²) in [6, 6.07) is 6.48. The van der Waals surface area contributed by atoms with E-state index in [4.69, 9.17) is 5.26 Å². The number of nitriles is 1. The summed E-state index contributed by atoms with van der Waals surface area (Å²) in [7, 11) is -3.70. The van der Waals surface area contributed by atoms with Crippen LogP contribution in [0.3, 0.4) is 0 Å². The van der Waals surface area contributed by atoms with Crippen molar-refractivity contribution >= 4 is 15.8 Å². The molecule has 0 unspecified atom stereocenters. The number of carbonyl (C=O) groups excluding carboxylic acids is 1. The maximum atomic E-state index is 12.5. The highest BCUT2D eigenvalue weighted by atomic mass is 32.2. The lowest BCUT2D eigenvalue weighted by Crippen LogP contribution is -2.40. The number of nitrogens with zero attached hydrogens (tertiary/aromatic N) is 2. The molecule has 0 aliphatic carbocycles. The van der Waals surface area contributed by atoms with Crippen LogP contribution in [0.15, 0.2) is 23.1 Å². The van der Waals surface area contributed by atoms with Crippen molar-refractivity contribution in [1.29, 1.82) is 5.26 Å². The molecule has 19 heavy (non-hydrogen) atoms. The summed E-state index contributed by atoms with van der Waals surface area (Å²) in [6.45, 7) is 1.96. The fourth-order valence-electron chi connectivity index (χ4n) is 2.10. The zero-order valence-corrected chi connectivity index (χ0v) is 11.4. The molecule has 1 saturated heterocycles. The molecule has 5 nitrogen and oxygen atoms in total. The van der Waals surface area contributed by atoms with Gasteiger partial charge in [0, 0.05) is 13.0 Å². The van der Waals surface area contributed by atoms with Crippen LogP contribution in [0.5, 0.6) is 0 Å². The maximum absolute atomic E-state index is 12.5. The lowest BCUT2D eigenvalue weighted by atomic mass is 10.1. The Kier molecular flexibility index (Phi) is 3.69. The Morgan fingerprint density at radius 2 is 2.11 bits per heavy atom. The Bertz CT molecular complexity index is 659.